The Balaban J connectivity index is 2.11. The highest BCUT2D eigenvalue weighted by atomic mass is 35.5. The van der Waals surface area contributed by atoms with Crippen molar-refractivity contribution in [2.75, 3.05) is 6.61 Å². The summed E-state index contributed by atoms with van der Waals surface area (Å²) in [5.74, 6) is 0. The molecule has 0 spiro atoms. The highest BCUT2D eigenvalue weighted by Crippen LogP contribution is 2.31. The maximum atomic E-state index is 9.19. The van der Waals surface area contributed by atoms with Crippen molar-refractivity contribution in [2.24, 2.45) is 0 Å². The molecule has 1 atom stereocenters. The third-order valence-corrected chi connectivity index (χ3v) is 3.85. The van der Waals surface area contributed by atoms with E-state index in [1.165, 1.54) is 0 Å². The number of ether oxygens (including phenoxy) is 1. The summed E-state index contributed by atoms with van der Waals surface area (Å²) in [6, 6.07) is 7.74. The topological polar surface area (TPSA) is 63.7 Å². The molecular formula is C14H13ClN4O. The highest BCUT2D eigenvalue weighted by Gasteiger charge is 2.27. The van der Waals surface area contributed by atoms with Gasteiger partial charge in [0.15, 0.2) is 5.69 Å². The Kier molecular flexibility index (Phi) is 3.43. The van der Waals surface area contributed by atoms with Crippen LogP contribution in [-0.4, -0.2) is 21.6 Å². The van der Waals surface area contributed by atoms with Gasteiger partial charge < -0.3 is 4.74 Å². The lowest BCUT2D eigenvalue weighted by Gasteiger charge is -2.12. The molecule has 1 fully saturated rings. The molecule has 1 saturated heterocycles. The summed E-state index contributed by atoms with van der Waals surface area (Å²) >= 11 is 6.16. The molecule has 0 aliphatic carbocycles. The van der Waals surface area contributed by atoms with Gasteiger partial charge in [-0.2, -0.15) is 5.26 Å². The van der Waals surface area contributed by atoms with Crippen molar-refractivity contribution in [1.29, 1.82) is 5.26 Å². The van der Waals surface area contributed by atoms with Crippen molar-refractivity contribution < 1.29 is 4.74 Å². The molecule has 20 heavy (non-hydrogen) atoms. The predicted molar refractivity (Wildman–Crippen MR) is 73.7 cm³/mol. The van der Waals surface area contributed by atoms with Gasteiger partial charge in [-0.25, -0.2) is 4.68 Å². The fourth-order valence-corrected chi connectivity index (χ4v) is 2.53. The van der Waals surface area contributed by atoms with E-state index in [0.29, 0.717) is 23.0 Å². The number of aromatic nitrogens is 3. The van der Waals surface area contributed by atoms with E-state index in [2.05, 4.69) is 16.4 Å². The Morgan fingerprint density at radius 2 is 2.35 bits per heavy atom. The molecule has 0 radical (unpaired) electrons. The smallest absolute Gasteiger partial charge is 0.189 e. The van der Waals surface area contributed by atoms with Gasteiger partial charge in [0.2, 0.25) is 0 Å². The van der Waals surface area contributed by atoms with E-state index >= 15 is 0 Å². The van der Waals surface area contributed by atoms with Gasteiger partial charge in [-0.3, -0.25) is 0 Å². The van der Waals surface area contributed by atoms with E-state index < -0.39 is 0 Å². The Hall–Kier alpha value is -1.90. The monoisotopic (exact) mass is 288 g/mol. The number of halogens is 1. The van der Waals surface area contributed by atoms with Crippen LogP contribution in [0, 0.1) is 18.3 Å². The number of nitriles is 1. The third-order valence-electron chi connectivity index (χ3n) is 3.45. The molecule has 0 N–H and O–H groups in total. The van der Waals surface area contributed by atoms with Gasteiger partial charge in [0.25, 0.3) is 0 Å². The van der Waals surface area contributed by atoms with Crippen LogP contribution in [0.4, 0.5) is 0 Å². The Labute approximate surface area is 121 Å². The minimum atomic E-state index is -0.125. The lowest BCUT2D eigenvalue weighted by molar-refractivity contribution is 0.106. The van der Waals surface area contributed by atoms with Gasteiger partial charge in [0.05, 0.1) is 5.69 Å². The molecule has 1 aromatic carbocycles. The number of rotatable bonds is 2. The first-order valence-corrected chi connectivity index (χ1v) is 6.82. The highest BCUT2D eigenvalue weighted by molar-refractivity contribution is 6.31. The Morgan fingerprint density at radius 3 is 3.00 bits per heavy atom. The normalized spacial score (nSPS) is 18.1. The third kappa shape index (κ3) is 2.17. The molecule has 0 bridgehead atoms. The van der Waals surface area contributed by atoms with Crippen molar-refractivity contribution >= 4 is 11.6 Å². The van der Waals surface area contributed by atoms with Crippen molar-refractivity contribution in [3.05, 3.63) is 40.2 Å². The number of hydrogen-bond donors (Lipinski definition) is 0. The van der Waals surface area contributed by atoms with E-state index in [1.807, 2.05) is 25.1 Å². The first-order chi connectivity index (χ1) is 9.70. The van der Waals surface area contributed by atoms with Crippen LogP contribution in [-0.2, 0) is 4.74 Å². The van der Waals surface area contributed by atoms with Crippen LogP contribution in [0.3, 0.4) is 0 Å². The van der Waals surface area contributed by atoms with Crippen molar-refractivity contribution in [2.45, 2.75) is 25.9 Å². The molecule has 1 aliphatic rings. The van der Waals surface area contributed by atoms with E-state index in [9.17, 15) is 5.26 Å². The van der Waals surface area contributed by atoms with Crippen LogP contribution in [0.2, 0.25) is 5.02 Å². The van der Waals surface area contributed by atoms with Gasteiger partial charge >= 0.3 is 0 Å². The summed E-state index contributed by atoms with van der Waals surface area (Å²) in [5.41, 5.74) is 2.81. The van der Waals surface area contributed by atoms with E-state index in [1.54, 1.807) is 4.68 Å². The average molecular weight is 289 g/mol. The van der Waals surface area contributed by atoms with E-state index in [4.69, 9.17) is 16.3 Å². The van der Waals surface area contributed by atoms with Crippen LogP contribution in [0.1, 0.15) is 35.9 Å². The van der Waals surface area contributed by atoms with Crippen LogP contribution in [0.25, 0.3) is 5.69 Å². The minimum Gasteiger partial charge on any atom is -0.372 e. The second-order valence-electron chi connectivity index (χ2n) is 4.78. The van der Waals surface area contributed by atoms with E-state index in [-0.39, 0.29) is 6.10 Å². The van der Waals surface area contributed by atoms with Gasteiger partial charge in [0, 0.05) is 11.6 Å². The van der Waals surface area contributed by atoms with Gasteiger partial charge in [-0.05, 0) is 37.5 Å². The van der Waals surface area contributed by atoms with Crippen LogP contribution in [0.5, 0.6) is 0 Å². The molecule has 0 saturated carbocycles. The molecule has 6 heteroatoms. The Bertz CT molecular complexity index is 683. The molecule has 1 aromatic heterocycles. The predicted octanol–water partition coefficient (Wildman–Crippen LogP) is 2.95. The Morgan fingerprint density at radius 1 is 1.50 bits per heavy atom. The molecule has 2 aromatic rings. The second kappa shape index (κ2) is 5.23. The van der Waals surface area contributed by atoms with Gasteiger partial charge in [-0.1, -0.05) is 22.9 Å². The second-order valence-corrected chi connectivity index (χ2v) is 5.19. The first-order valence-electron chi connectivity index (χ1n) is 6.44. The number of nitrogens with zero attached hydrogens (tertiary/aromatic N) is 4. The number of hydrogen-bond acceptors (Lipinski definition) is 4. The molecule has 2 heterocycles. The summed E-state index contributed by atoms with van der Waals surface area (Å²) in [4.78, 5) is 0. The maximum Gasteiger partial charge on any atom is 0.189 e. The molecule has 102 valence electrons. The molecule has 1 aliphatic heterocycles. The minimum absolute atomic E-state index is 0.125. The van der Waals surface area contributed by atoms with Gasteiger partial charge in [-0.15, -0.1) is 5.10 Å². The molecule has 1 unspecified atom stereocenters. The lowest BCUT2D eigenvalue weighted by Crippen LogP contribution is -2.08. The van der Waals surface area contributed by atoms with Crippen molar-refractivity contribution in [1.82, 2.24) is 15.0 Å². The fraction of sp³-hybridized carbons (Fsp3) is 0.357. The molecule has 5 nitrogen and oxygen atoms in total. The van der Waals surface area contributed by atoms with Crippen LogP contribution >= 0.6 is 11.6 Å². The van der Waals surface area contributed by atoms with E-state index in [0.717, 1.165) is 24.1 Å². The summed E-state index contributed by atoms with van der Waals surface area (Å²) < 4.78 is 7.32. The first kappa shape index (κ1) is 13.1. The zero-order valence-electron chi connectivity index (χ0n) is 11.0. The largest absolute Gasteiger partial charge is 0.372 e. The molecular weight excluding hydrogens is 276 g/mol. The van der Waals surface area contributed by atoms with Crippen LogP contribution in [0.15, 0.2) is 18.2 Å². The quantitative estimate of drug-likeness (QED) is 0.852. The average Bonchev–Trinajstić information content (AvgIpc) is 3.09. The number of aryl methyl sites for hydroxylation is 1. The zero-order chi connectivity index (χ0) is 14.1. The summed E-state index contributed by atoms with van der Waals surface area (Å²) in [7, 11) is 0. The SMILES string of the molecule is Cc1ccc(-n2nnc(C#N)c2C2CCCO2)cc1Cl. The summed E-state index contributed by atoms with van der Waals surface area (Å²) in [6.07, 6.45) is 1.73. The van der Waals surface area contributed by atoms with Crippen LogP contribution < -0.4 is 0 Å². The lowest BCUT2D eigenvalue weighted by atomic mass is 10.1. The summed E-state index contributed by atoms with van der Waals surface area (Å²) in [5, 5.41) is 17.9. The van der Waals surface area contributed by atoms with Gasteiger partial charge in [0.1, 0.15) is 17.9 Å². The molecule has 3 rings (SSSR count). The number of benzene rings is 1. The zero-order valence-corrected chi connectivity index (χ0v) is 11.8. The standard InChI is InChI=1S/C14H13ClN4O/c1-9-4-5-10(7-11(9)15)19-14(12(8-16)17-18-19)13-3-2-6-20-13/h4-5,7,13H,2-3,6H2,1H3. The maximum absolute atomic E-state index is 9.19. The summed E-state index contributed by atoms with van der Waals surface area (Å²) in [6.45, 7) is 2.64. The van der Waals surface area contributed by atoms with Crippen molar-refractivity contribution in [3.8, 4) is 11.8 Å². The fourth-order valence-electron chi connectivity index (χ4n) is 2.36. The van der Waals surface area contributed by atoms with Crippen molar-refractivity contribution in [3.63, 3.8) is 0 Å². The molecule has 0 amide bonds.